The number of carboxylic acids is 1. The molecule has 142 valence electrons. The lowest BCUT2D eigenvalue weighted by Gasteiger charge is -2.37. The average molecular weight is 370 g/mol. The van der Waals surface area contributed by atoms with Crippen molar-refractivity contribution in [3.63, 3.8) is 0 Å². The van der Waals surface area contributed by atoms with E-state index < -0.39 is 23.1 Å². The normalized spacial score (nSPS) is 28.5. The summed E-state index contributed by atoms with van der Waals surface area (Å²) >= 11 is 0. The molecule has 8 heteroatoms. The maximum Gasteiger partial charge on any atom is 0.416 e. The van der Waals surface area contributed by atoms with Crippen LogP contribution in [0.1, 0.15) is 43.2 Å². The summed E-state index contributed by atoms with van der Waals surface area (Å²) in [5.74, 6) is -0.925. The number of carbonyl (C=O) groups is 2. The van der Waals surface area contributed by atoms with Gasteiger partial charge in [0.15, 0.2) is 0 Å². The number of amides is 2. The predicted molar refractivity (Wildman–Crippen MR) is 87.7 cm³/mol. The number of rotatable bonds is 3. The summed E-state index contributed by atoms with van der Waals surface area (Å²) in [7, 11) is 0. The van der Waals surface area contributed by atoms with Gasteiger partial charge in [-0.3, -0.25) is 4.79 Å². The standard InChI is InChI=1S/C18H21F3N2O3/c1-17(15(24)25)5-6-23(10-17)16(26)22-14-8-12(9-14)11-3-2-4-13(7-11)18(19,20)21/h2-4,7,12,14H,5-6,8-10H2,1H3,(H,22,26)(H,24,25). The minimum absolute atomic E-state index is 0.00883. The Morgan fingerprint density at radius 3 is 2.58 bits per heavy atom. The van der Waals surface area contributed by atoms with Crippen LogP contribution in [-0.4, -0.2) is 41.1 Å². The molecule has 1 aromatic carbocycles. The van der Waals surface area contributed by atoms with Crippen LogP contribution < -0.4 is 5.32 Å². The number of hydrogen-bond donors (Lipinski definition) is 2. The van der Waals surface area contributed by atoms with Crippen LogP contribution in [0, 0.1) is 5.41 Å². The topological polar surface area (TPSA) is 69.6 Å². The molecule has 1 aliphatic carbocycles. The molecule has 2 N–H and O–H groups in total. The Kier molecular flexibility index (Phi) is 4.62. The lowest BCUT2D eigenvalue weighted by molar-refractivity contribution is -0.147. The first kappa shape index (κ1) is 18.5. The van der Waals surface area contributed by atoms with Gasteiger partial charge in [-0.15, -0.1) is 0 Å². The van der Waals surface area contributed by atoms with Crippen LogP contribution in [-0.2, 0) is 11.0 Å². The molecule has 2 aliphatic rings. The van der Waals surface area contributed by atoms with Gasteiger partial charge in [-0.25, -0.2) is 4.79 Å². The highest BCUT2D eigenvalue weighted by molar-refractivity contribution is 5.79. The number of halogens is 3. The van der Waals surface area contributed by atoms with E-state index in [1.807, 2.05) is 0 Å². The molecule has 5 nitrogen and oxygen atoms in total. The van der Waals surface area contributed by atoms with Gasteiger partial charge in [0.2, 0.25) is 0 Å². The lowest BCUT2D eigenvalue weighted by atomic mass is 9.75. The van der Waals surface area contributed by atoms with Gasteiger partial charge in [0.1, 0.15) is 0 Å². The third kappa shape index (κ3) is 3.64. The van der Waals surface area contributed by atoms with Crippen LogP contribution >= 0.6 is 0 Å². The van der Waals surface area contributed by atoms with Gasteiger partial charge in [-0.1, -0.05) is 18.2 Å². The Balaban J connectivity index is 1.52. The van der Waals surface area contributed by atoms with Gasteiger partial charge in [0.25, 0.3) is 0 Å². The number of carboxylic acid groups (broad SMARTS) is 1. The predicted octanol–water partition coefficient (Wildman–Crippen LogP) is 3.46. The minimum atomic E-state index is -4.36. The third-order valence-corrected chi connectivity index (χ3v) is 5.43. The van der Waals surface area contributed by atoms with Crippen LogP contribution in [0.25, 0.3) is 0 Å². The number of urea groups is 1. The van der Waals surface area contributed by atoms with Crippen molar-refractivity contribution in [2.24, 2.45) is 5.41 Å². The molecule has 1 atom stereocenters. The maximum atomic E-state index is 12.8. The molecule has 1 saturated carbocycles. The maximum absolute atomic E-state index is 12.8. The molecule has 2 fully saturated rings. The first-order chi connectivity index (χ1) is 12.1. The zero-order chi connectivity index (χ0) is 19.1. The smallest absolute Gasteiger partial charge is 0.416 e. The number of benzene rings is 1. The average Bonchev–Trinajstić information content (AvgIpc) is 2.93. The Morgan fingerprint density at radius 1 is 1.31 bits per heavy atom. The van der Waals surface area contributed by atoms with E-state index >= 15 is 0 Å². The molecule has 0 spiro atoms. The van der Waals surface area contributed by atoms with Gasteiger partial charge in [-0.05, 0) is 43.7 Å². The van der Waals surface area contributed by atoms with Crippen molar-refractivity contribution in [2.45, 2.75) is 44.3 Å². The zero-order valence-electron chi connectivity index (χ0n) is 14.3. The van der Waals surface area contributed by atoms with Gasteiger partial charge in [0, 0.05) is 19.1 Å². The molecule has 0 radical (unpaired) electrons. The zero-order valence-corrected chi connectivity index (χ0v) is 14.3. The third-order valence-electron chi connectivity index (χ3n) is 5.43. The largest absolute Gasteiger partial charge is 0.481 e. The molecule has 1 aliphatic heterocycles. The molecule has 1 saturated heterocycles. The molecule has 0 bridgehead atoms. The van der Waals surface area contributed by atoms with Crippen LogP contribution in [0.15, 0.2) is 24.3 Å². The van der Waals surface area contributed by atoms with E-state index in [2.05, 4.69) is 5.32 Å². The summed E-state index contributed by atoms with van der Waals surface area (Å²) < 4.78 is 38.4. The second kappa shape index (κ2) is 6.48. The Labute approximate surface area is 149 Å². The van der Waals surface area contributed by atoms with E-state index in [0.29, 0.717) is 31.4 Å². The van der Waals surface area contributed by atoms with Crippen LogP contribution in [0.3, 0.4) is 0 Å². The first-order valence-corrected chi connectivity index (χ1v) is 8.54. The number of alkyl halides is 3. The molecule has 26 heavy (non-hydrogen) atoms. The van der Waals surface area contributed by atoms with Gasteiger partial charge < -0.3 is 15.3 Å². The van der Waals surface area contributed by atoms with E-state index in [-0.39, 0.29) is 24.5 Å². The summed E-state index contributed by atoms with van der Waals surface area (Å²) in [6, 6.07) is 4.90. The minimum Gasteiger partial charge on any atom is -0.481 e. The van der Waals surface area contributed by atoms with Crippen LogP contribution in [0.5, 0.6) is 0 Å². The fourth-order valence-corrected chi connectivity index (χ4v) is 3.55. The molecular formula is C18H21F3N2O3. The van der Waals surface area contributed by atoms with Crippen molar-refractivity contribution in [3.05, 3.63) is 35.4 Å². The highest BCUT2D eigenvalue weighted by Crippen LogP contribution is 2.39. The molecule has 1 aromatic rings. The van der Waals surface area contributed by atoms with E-state index in [1.165, 1.54) is 17.0 Å². The second-order valence-corrected chi connectivity index (χ2v) is 7.48. The molecular weight excluding hydrogens is 349 g/mol. The molecule has 0 aromatic heterocycles. The fourth-order valence-electron chi connectivity index (χ4n) is 3.55. The van der Waals surface area contributed by atoms with E-state index in [4.69, 9.17) is 0 Å². The van der Waals surface area contributed by atoms with Crippen molar-refractivity contribution in [1.29, 1.82) is 0 Å². The van der Waals surface area contributed by atoms with Crippen molar-refractivity contribution >= 4 is 12.0 Å². The highest BCUT2D eigenvalue weighted by atomic mass is 19.4. The second-order valence-electron chi connectivity index (χ2n) is 7.48. The highest BCUT2D eigenvalue weighted by Gasteiger charge is 2.43. The molecule has 2 amide bonds. The summed E-state index contributed by atoms with van der Waals surface area (Å²) in [5.41, 5.74) is -0.949. The first-order valence-electron chi connectivity index (χ1n) is 8.54. The number of aliphatic carboxylic acids is 1. The molecule has 1 unspecified atom stereocenters. The quantitative estimate of drug-likeness (QED) is 0.856. The summed E-state index contributed by atoms with van der Waals surface area (Å²) in [6.07, 6.45) is -2.79. The van der Waals surface area contributed by atoms with E-state index in [0.717, 1.165) is 6.07 Å². The van der Waals surface area contributed by atoms with Crippen molar-refractivity contribution < 1.29 is 27.9 Å². The lowest BCUT2D eigenvalue weighted by Crippen LogP contribution is -2.49. The Hall–Kier alpha value is -2.25. The molecule has 1 heterocycles. The summed E-state index contributed by atoms with van der Waals surface area (Å²) in [6.45, 7) is 2.17. The summed E-state index contributed by atoms with van der Waals surface area (Å²) in [4.78, 5) is 25.0. The number of carbonyl (C=O) groups excluding carboxylic acids is 1. The Bertz CT molecular complexity index is 716. The SMILES string of the molecule is CC1(C(=O)O)CCN(C(=O)NC2CC(c3cccc(C(F)(F)F)c3)C2)C1. The van der Waals surface area contributed by atoms with Crippen molar-refractivity contribution in [2.75, 3.05) is 13.1 Å². The molecule has 3 rings (SSSR count). The van der Waals surface area contributed by atoms with E-state index in [9.17, 15) is 27.9 Å². The van der Waals surface area contributed by atoms with Crippen molar-refractivity contribution in [1.82, 2.24) is 10.2 Å². The Morgan fingerprint density at radius 2 is 2.00 bits per heavy atom. The van der Waals surface area contributed by atoms with Gasteiger partial charge >= 0.3 is 18.2 Å². The van der Waals surface area contributed by atoms with Gasteiger partial charge in [0.05, 0.1) is 11.0 Å². The number of nitrogens with zero attached hydrogens (tertiary/aromatic N) is 1. The van der Waals surface area contributed by atoms with Gasteiger partial charge in [-0.2, -0.15) is 13.2 Å². The van der Waals surface area contributed by atoms with Crippen LogP contribution in [0.2, 0.25) is 0 Å². The summed E-state index contributed by atoms with van der Waals surface area (Å²) in [5, 5.41) is 12.1. The van der Waals surface area contributed by atoms with Crippen molar-refractivity contribution in [3.8, 4) is 0 Å². The number of likely N-dealkylation sites (tertiary alicyclic amines) is 1. The fraction of sp³-hybridized carbons (Fsp3) is 0.556. The number of nitrogens with one attached hydrogen (secondary N) is 1. The van der Waals surface area contributed by atoms with Crippen LogP contribution in [0.4, 0.5) is 18.0 Å². The van der Waals surface area contributed by atoms with E-state index in [1.54, 1.807) is 13.0 Å². The monoisotopic (exact) mass is 370 g/mol. The number of hydrogen-bond acceptors (Lipinski definition) is 2.